The number of amides is 2. The largest absolute Gasteiger partial charge is 0.434 e. The molecule has 0 radical (unpaired) electrons. The summed E-state index contributed by atoms with van der Waals surface area (Å²) in [6.45, 7) is 2.32. The number of halogens is 4. The van der Waals surface area contributed by atoms with E-state index < -0.39 is 23.3 Å². The molecule has 2 aromatic rings. The van der Waals surface area contributed by atoms with E-state index >= 15 is 0 Å². The van der Waals surface area contributed by atoms with Crippen molar-refractivity contribution in [2.75, 3.05) is 26.2 Å². The number of hydrogen-bond donors (Lipinski definition) is 0. The third-order valence-electron chi connectivity index (χ3n) is 4.35. The van der Waals surface area contributed by atoms with E-state index in [0.717, 1.165) is 6.20 Å². The molecule has 1 aliphatic heterocycles. The normalized spacial score (nSPS) is 15.1. The zero-order valence-corrected chi connectivity index (χ0v) is 15.1. The van der Waals surface area contributed by atoms with Gasteiger partial charge in [-0.2, -0.15) is 18.3 Å². The smallest absolute Gasteiger partial charge is 0.339 e. The van der Waals surface area contributed by atoms with E-state index in [1.54, 1.807) is 4.90 Å². The van der Waals surface area contributed by atoms with Crippen LogP contribution in [0.3, 0.4) is 0 Å². The van der Waals surface area contributed by atoms with Gasteiger partial charge >= 0.3 is 6.18 Å². The van der Waals surface area contributed by atoms with Crippen molar-refractivity contribution in [3.05, 3.63) is 46.7 Å². The second-order valence-corrected chi connectivity index (χ2v) is 6.53. The number of aromatic nitrogens is 2. The lowest BCUT2D eigenvalue weighted by Gasteiger charge is -2.34. The van der Waals surface area contributed by atoms with Gasteiger partial charge in [-0.1, -0.05) is 11.6 Å². The van der Waals surface area contributed by atoms with Crippen LogP contribution in [-0.4, -0.2) is 57.6 Å². The Morgan fingerprint density at radius 1 is 1.04 bits per heavy atom. The van der Waals surface area contributed by atoms with Crippen LogP contribution in [0.5, 0.6) is 0 Å². The monoisotopic (exact) mass is 400 g/mol. The summed E-state index contributed by atoms with van der Waals surface area (Å²) in [6, 6.07) is 5.68. The minimum absolute atomic E-state index is 0.131. The molecule has 3 rings (SSSR count). The third kappa shape index (κ3) is 3.92. The molecule has 0 atom stereocenters. The molecular weight excluding hydrogens is 385 g/mol. The lowest BCUT2D eigenvalue weighted by molar-refractivity contribution is -0.143. The molecule has 1 aromatic heterocycles. The van der Waals surface area contributed by atoms with Crippen LogP contribution in [0.2, 0.25) is 5.02 Å². The average Bonchev–Trinajstić information content (AvgIpc) is 3.07. The van der Waals surface area contributed by atoms with Gasteiger partial charge in [0.15, 0.2) is 5.69 Å². The van der Waals surface area contributed by atoms with Gasteiger partial charge in [0, 0.05) is 38.1 Å². The summed E-state index contributed by atoms with van der Waals surface area (Å²) in [5.74, 6) is -0.889. The molecule has 0 bridgehead atoms. The molecule has 1 fully saturated rings. The number of carbonyl (C=O) groups excluding carboxylic acids is 2. The van der Waals surface area contributed by atoms with Crippen LogP contribution in [0.4, 0.5) is 13.2 Å². The zero-order valence-electron chi connectivity index (χ0n) is 14.3. The van der Waals surface area contributed by atoms with Crippen molar-refractivity contribution >= 4 is 23.4 Å². The van der Waals surface area contributed by atoms with Crippen LogP contribution in [0.25, 0.3) is 5.69 Å². The standard InChI is InChI=1S/C17H16ClF3N4O2/c1-11(26)23-6-8-24(9-7-23)16(27)14-10-22-25(15(14)17(19,20)21)13-4-2-12(18)3-5-13/h2-5,10H,6-9H2,1H3. The molecule has 0 spiro atoms. The Hall–Kier alpha value is -2.55. The summed E-state index contributed by atoms with van der Waals surface area (Å²) < 4.78 is 41.8. The SMILES string of the molecule is CC(=O)N1CCN(C(=O)c2cnn(-c3ccc(Cl)cc3)c2C(F)(F)F)CC1. The van der Waals surface area contributed by atoms with Gasteiger partial charge in [-0.15, -0.1) is 0 Å². The van der Waals surface area contributed by atoms with Crippen LogP contribution in [-0.2, 0) is 11.0 Å². The van der Waals surface area contributed by atoms with Crippen LogP contribution in [0, 0.1) is 0 Å². The van der Waals surface area contributed by atoms with Crippen LogP contribution >= 0.6 is 11.6 Å². The molecule has 27 heavy (non-hydrogen) atoms. The van der Waals surface area contributed by atoms with E-state index in [9.17, 15) is 22.8 Å². The number of rotatable bonds is 2. The highest BCUT2D eigenvalue weighted by Gasteiger charge is 2.41. The molecule has 10 heteroatoms. The number of benzene rings is 1. The number of alkyl halides is 3. The summed E-state index contributed by atoms with van der Waals surface area (Å²) in [6.07, 6.45) is -3.85. The lowest BCUT2D eigenvalue weighted by Crippen LogP contribution is -2.50. The molecule has 1 aromatic carbocycles. The van der Waals surface area contributed by atoms with Gasteiger partial charge in [0.2, 0.25) is 5.91 Å². The first-order valence-corrected chi connectivity index (χ1v) is 8.52. The highest BCUT2D eigenvalue weighted by Crippen LogP contribution is 2.34. The van der Waals surface area contributed by atoms with Gasteiger partial charge in [0.25, 0.3) is 5.91 Å². The third-order valence-corrected chi connectivity index (χ3v) is 4.60. The van der Waals surface area contributed by atoms with Crippen LogP contribution in [0.15, 0.2) is 30.5 Å². The molecular formula is C17H16ClF3N4O2. The molecule has 6 nitrogen and oxygen atoms in total. The van der Waals surface area contributed by atoms with E-state index in [-0.39, 0.29) is 37.8 Å². The molecule has 0 aliphatic carbocycles. The van der Waals surface area contributed by atoms with Gasteiger partial charge in [-0.05, 0) is 24.3 Å². The Kier molecular flexibility index (Phi) is 5.14. The summed E-state index contributed by atoms with van der Waals surface area (Å²) in [5.41, 5.74) is -1.51. The van der Waals surface area contributed by atoms with Gasteiger partial charge in [0.05, 0.1) is 17.4 Å². The summed E-state index contributed by atoms with van der Waals surface area (Å²) >= 11 is 5.78. The van der Waals surface area contributed by atoms with Gasteiger partial charge in [-0.25, -0.2) is 4.68 Å². The second kappa shape index (κ2) is 7.22. The first-order valence-electron chi connectivity index (χ1n) is 8.14. The maximum absolute atomic E-state index is 13.7. The van der Waals surface area contributed by atoms with Crippen molar-refractivity contribution in [3.63, 3.8) is 0 Å². The Morgan fingerprint density at radius 3 is 2.11 bits per heavy atom. The fourth-order valence-corrected chi connectivity index (χ4v) is 3.08. The molecule has 1 saturated heterocycles. The maximum Gasteiger partial charge on any atom is 0.434 e. The van der Waals surface area contributed by atoms with Gasteiger partial charge in [-0.3, -0.25) is 9.59 Å². The fourth-order valence-electron chi connectivity index (χ4n) is 2.95. The summed E-state index contributed by atoms with van der Waals surface area (Å²) in [7, 11) is 0. The van der Waals surface area contributed by atoms with E-state index in [1.807, 2.05) is 0 Å². The zero-order chi connectivity index (χ0) is 19.8. The lowest BCUT2D eigenvalue weighted by atomic mass is 10.2. The Balaban J connectivity index is 1.93. The van der Waals surface area contributed by atoms with Crippen molar-refractivity contribution < 1.29 is 22.8 Å². The summed E-state index contributed by atoms with van der Waals surface area (Å²) in [5, 5.41) is 4.16. The van der Waals surface area contributed by atoms with Gasteiger partial charge in [0.1, 0.15) is 0 Å². The second-order valence-electron chi connectivity index (χ2n) is 6.09. The molecule has 0 saturated carbocycles. The minimum Gasteiger partial charge on any atom is -0.339 e. The van der Waals surface area contributed by atoms with E-state index in [2.05, 4.69) is 5.10 Å². The molecule has 2 amide bonds. The number of nitrogens with zero attached hydrogens (tertiary/aromatic N) is 4. The van der Waals surface area contributed by atoms with Crippen molar-refractivity contribution in [2.45, 2.75) is 13.1 Å². The first kappa shape index (κ1) is 19.2. The van der Waals surface area contributed by atoms with E-state index in [1.165, 1.54) is 36.1 Å². The van der Waals surface area contributed by atoms with E-state index in [0.29, 0.717) is 9.70 Å². The number of carbonyl (C=O) groups is 2. The minimum atomic E-state index is -4.78. The number of piperazine rings is 1. The van der Waals surface area contributed by atoms with Crippen molar-refractivity contribution in [1.29, 1.82) is 0 Å². The van der Waals surface area contributed by atoms with Gasteiger partial charge < -0.3 is 9.80 Å². The predicted octanol–water partition coefficient (Wildman–Crippen LogP) is 2.85. The molecule has 1 aliphatic rings. The average molecular weight is 401 g/mol. The first-order chi connectivity index (χ1) is 12.7. The van der Waals surface area contributed by atoms with Crippen molar-refractivity contribution in [2.24, 2.45) is 0 Å². The van der Waals surface area contributed by atoms with Crippen molar-refractivity contribution in [1.82, 2.24) is 19.6 Å². The predicted molar refractivity (Wildman–Crippen MR) is 91.7 cm³/mol. The molecule has 0 N–H and O–H groups in total. The Labute approximate surface area is 158 Å². The van der Waals surface area contributed by atoms with Crippen LogP contribution < -0.4 is 0 Å². The highest BCUT2D eigenvalue weighted by atomic mass is 35.5. The quantitative estimate of drug-likeness (QED) is 0.779. The topological polar surface area (TPSA) is 58.4 Å². The Bertz CT molecular complexity index is 856. The van der Waals surface area contributed by atoms with Crippen molar-refractivity contribution in [3.8, 4) is 5.69 Å². The van der Waals surface area contributed by atoms with E-state index in [4.69, 9.17) is 11.6 Å². The molecule has 144 valence electrons. The highest BCUT2D eigenvalue weighted by molar-refractivity contribution is 6.30. The summed E-state index contributed by atoms with van der Waals surface area (Å²) in [4.78, 5) is 26.9. The Morgan fingerprint density at radius 2 is 1.59 bits per heavy atom. The van der Waals surface area contributed by atoms with Crippen LogP contribution in [0.1, 0.15) is 23.0 Å². The maximum atomic E-state index is 13.7. The number of hydrogen-bond acceptors (Lipinski definition) is 3. The fraction of sp³-hybridized carbons (Fsp3) is 0.353. The molecule has 2 heterocycles. The molecule has 0 unspecified atom stereocenters.